The van der Waals surface area contributed by atoms with Crippen LogP contribution in [-0.2, 0) is 0 Å². The summed E-state index contributed by atoms with van der Waals surface area (Å²) in [6.45, 7) is 2.08. The molecule has 0 saturated carbocycles. The topological polar surface area (TPSA) is 48.1 Å². The number of nitrogens with zero attached hydrogens (tertiary/aromatic N) is 1. The first kappa shape index (κ1) is 11.2. The molecule has 1 unspecified atom stereocenters. The van der Waals surface area contributed by atoms with E-state index in [1.54, 1.807) is 6.20 Å². The maximum Gasteiger partial charge on any atom is 0.127 e. The molecule has 0 radical (unpaired) electrons. The van der Waals surface area contributed by atoms with E-state index in [1.807, 2.05) is 36.5 Å². The van der Waals surface area contributed by atoms with Crippen molar-refractivity contribution in [3.63, 3.8) is 0 Å². The zero-order valence-corrected chi connectivity index (χ0v) is 10.3. The Balaban J connectivity index is 1.97. The predicted molar refractivity (Wildman–Crippen MR) is 70.3 cm³/mol. The minimum atomic E-state index is 0.00333. The second-order valence-corrected chi connectivity index (χ2v) is 4.72. The second-order valence-electron chi connectivity index (χ2n) is 4.72. The summed E-state index contributed by atoms with van der Waals surface area (Å²) in [5.74, 6) is 0.893. The van der Waals surface area contributed by atoms with Crippen LogP contribution in [0.4, 0.5) is 0 Å². The molecular formula is C15H16N2O. The van der Waals surface area contributed by atoms with E-state index in [4.69, 9.17) is 10.5 Å². The van der Waals surface area contributed by atoms with Gasteiger partial charge in [0.25, 0.3) is 0 Å². The van der Waals surface area contributed by atoms with Gasteiger partial charge in [0.2, 0.25) is 0 Å². The number of para-hydroxylation sites is 1. The highest BCUT2D eigenvalue weighted by Crippen LogP contribution is 2.39. The Hall–Kier alpha value is -1.87. The molecule has 2 N–H and O–H groups in total. The Bertz CT molecular complexity index is 568. The minimum absolute atomic E-state index is 0.00333. The van der Waals surface area contributed by atoms with Gasteiger partial charge in [-0.2, -0.15) is 0 Å². The fourth-order valence-electron chi connectivity index (χ4n) is 2.46. The summed E-state index contributed by atoms with van der Waals surface area (Å²) in [6.07, 6.45) is 4.48. The largest absolute Gasteiger partial charge is 0.485 e. The van der Waals surface area contributed by atoms with Crippen LogP contribution in [0.5, 0.6) is 5.75 Å². The summed E-state index contributed by atoms with van der Waals surface area (Å²) in [7, 11) is 0. The van der Waals surface area contributed by atoms with Crippen LogP contribution in [0.3, 0.4) is 0 Å². The van der Waals surface area contributed by atoms with Crippen molar-refractivity contribution in [3.05, 3.63) is 59.4 Å². The number of aryl methyl sites for hydroxylation is 1. The van der Waals surface area contributed by atoms with Gasteiger partial charge in [-0.1, -0.05) is 18.2 Å². The van der Waals surface area contributed by atoms with Crippen LogP contribution in [-0.4, -0.2) is 4.98 Å². The average Bonchev–Trinajstić information content (AvgIpc) is 2.39. The molecule has 92 valence electrons. The normalized spacial score (nSPS) is 22.1. The summed E-state index contributed by atoms with van der Waals surface area (Å²) >= 11 is 0. The van der Waals surface area contributed by atoms with E-state index in [9.17, 15) is 0 Å². The van der Waals surface area contributed by atoms with Gasteiger partial charge in [0, 0.05) is 36.0 Å². The molecule has 1 aliphatic heterocycles. The standard InChI is InChI=1S/C15H16N2O/c1-10-6-7-17-9-12(10)15-8-13(16)11-4-2-3-5-14(11)18-15/h2-7,9,13,15H,8,16H2,1H3/t13-,15?/m0/s1. The van der Waals surface area contributed by atoms with E-state index in [0.717, 1.165) is 23.3 Å². The van der Waals surface area contributed by atoms with E-state index >= 15 is 0 Å². The number of nitrogens with two attached hydrogens (primary N) is 1. The molecule has 0 saturated heterocycles. The van der Waals surface area contributed by atoms with E-state index in [2.05, 4.69) is 11.9 Å². The Morgan fingerprint density at radius 2 is 2.06 bits per heavy atom. The lowest BCUT2D eigenvalue weighted by atomic mass is 9.93. The van der Waals surface area contributed by atoms with Crippen LogP contribution in [0.2, 0.25) is 0 Å². The van der Waals surface area contributed by atoms with Crippen molar-refractivity contribution in [2.45, 2.75) is 25.5 Å². The van der Waals surface area contributed by atoms with Gasteiger partial charge < -0.3 is 10.5 Å². The van der Waals surface area contributed by atoms with Crippen LogP contribution < -0.4 is 10.5 Å². The summed E-state index contributed by atoms with van der Waals surface area (Å²) in [6, 6.07) is 10.0. The first-order valence-electron chi connectivity index (χ1n) is 6.17. The van der Waals surface area contributed by atoms with E-state index in [-0.39, 0.29) is 12.1 Å². The molecule has 1 aromatic carbocycles. The second kappa shape index (κ2) is 4.42. The number of ether oxygens (including phenoxy) is 1. The number of benzene rings is 1. The molecule has 3 heteroatoms. The van der Waals surface area contributed by atoms with Gasteiger partial charge >= 0.3 is 0 Å². The van der Waals surface area contributed by atoms with Gasteiger partial charge in [-0.3, -0.25) is 4.98 Å². The molecule has 2 aromatic rings. The zero-order chi connectivity index (χ0) is 12.5. The number of rotatable bonds is 1. The lowest BCUT2D eigenvalue weighted by Gasteiger charge is -2.31. The number of pyridine rings is 1. The fourth-order valence-corrected chi connectivity index (χ4v) is 2.46. The molecule has 2 atom stereocenters. The quantitative estimate of drug-likeness (QED) is 0.833. The molecule has 0 amide bonds. The third-order valence-corrected chi connectivity index (χ3v) is 3.48. The van der Waals surface area contributed by atoms with E-state index in [0.29, 0.717) is 0 Å². The Morgan fingerprint density at radius 1 is 1.22 bits per heavy atom. The molecule has 0 aliphatic carbocycles. The molecule has 18 heavy (non-hydrogen) atoms. The SMILES string of the molecule is Cc1ccncc1C1C[C@H](N)c2ccccc2O1. The lowest BCUT2D eigenvalue weighted by Crippen LogP contribution is -2.24. The highest BCUT2D eigenvalue weighted by molar-refractivity contribution is 5.39. The lowest BCUT2D eigenvalue weighted by molar-refractivity contribution is 0.160. The zero-order valence-electron chi connectivity index (χ0n) is 10.3. The number of hydrogen-bond acceptors (Lipinski definition) is 3. The van der Waals surface area contributed by atoms with Crippen LogP contribution in [0.25, 0.3) is 0 Å². The Labute approximate surface area is 107 Å². The average molecular weight is 240 g/mol. The van der Waals surface area contributed by atoms with Crippen molar-refractivity contribution in [3.8, 4) is 5.75 Å². The van der Waals surface area contributed by atoms with Crippen LogP contribution in [0.1, 0.15) is 35.3 Å². The third-order valence-electron chi connectivity index (χ3n) is 3.48. The minimum Gasteiger partial charge on any atom is -0.485 e. The molecular weight excluding hydrogens is 224 g/mol. The summed E-state index contributed by atoms with van der Waals surface area (Å²) < 4.78 is 6.05. The predicted octanol–water partition coefficient (Wildman–Crippen LogP) is 2.91. The van der Waals surface area contributed by atoms with Crippen LogP contribution in [0.15, 0.2) is 42.7 Å². The maximum absolute atomic E-state index is 6.22. The van der Waals surface area contributed by atoms with E-state index in [1.165, 1.54) is 5.56 Å². The van der Waals surface area contributed by atoms with Crippen molar-refractivity contribution < 1.29 is 4.74 Å². The summed E-state index contributed by atoms with van der Waals surface area (Å²) in [5, 5.41) is 0. The highest BCUT2D eigenvalue weighted by atomic mass is 16.5. The van der Waals surface area contributed by atoms with Crippen molar-refractivity contribution >= 4 is 0 Å². The van der Waals surface area contributed by atoms with Gasteiger partial charge in [-0.05, 0) is 24.6 Å². The molecule has 3 rings (SSSR count). The number of aromatic nitrogens is 1. The number of hydrogen-bond donors (Lipinski definition) is 1. The first-order valence-corrected chi connectivity index (χ1v) is 6.17. The van der Waals surface area contributed by atoms with Gasteiger partial charge in [0.15, 0.2) is 0 Å². The van der Waals surface area contributed by atoms with Crippen LogP contribution >= 0.6 is 0 Å². The summed E-state index contributed by atoms with van der Waals surface area (Å²) in [5.41, 5.74) is 9.64. The van der Waals surface area contributed by atoms with Crippen LogP contribution in [0, 0.1) is 6.92 Å². The molecule has 3 nitrogen and oxygen atoms in total. The third kappa shape index (κ3) is 1.87. The van der Waals surface area contributed by atoms with Gasteiger partial charge in [-0.25, -0.2) is 0 Å². The smallest absolute Gasteiger partial charge is 0.127 e. The molecule has 0 bridgehead atoms. The highest BCUT2D eigenvalue weighted by Gasteiger charge is 2.27. The van der Waals surface area contributed by atoms with E-state index < -0.39 is 0 Å². The van der Waals surface area contributed by atoms with Gasteiger partial charge in [-0.15, -0.1) is 0 Å². The molecule has 2 heterocycles. The van der Waals surface area contributed by atoms with Crippen molar-refractivity contribution in [2.24, 2.45) is 5.73 Å². The van der Waals surface area contributed by atoms with Gasteiger partial charge in [0.1, 0.15) is 11.9 Å². The van der Waals surface area contributed by atoms with Crippen molar-refractivity contribution in [1.29, 1.82) is 0 Å². The first-order chi connectivity index (χ1) is 8.75. The molecule has 1 aliphatic rings. The molecule has 1 aromatic heterocycles. The molecule has 0 fully saturated rings. The monoisotopic (exact) mass is 240 g/mol. The maximum atomic E-state index is 6.22. The van der Waals surface area contributed by atoms with Crippen molar-refractivity contribution in [1.82, 2.24) is 4.98 Å². The van der Waals surface area contributed by atoms with Crippen molar-refractivity contribution in [2.75, 3.05) is 0 Å². The van der Waals surface area contributed by atoms with Gasteiger partial charge in [0.05, 0.1) is 0 Å². The Kier molecular flexibility index (Phi) is 2.76. The summed E-state index contributed by atoms with van der Waals surface area (Å²) in [4.78, 5) is 4.18. The molecule has 0 spiro atoms. The fraction of sp³-hybridized carbons (Fsp3) is 0.267. The number of fused-ring (bicyclic) bond motifs is 1. The Morgan fingerprint density at radius 3 is 2.89 bits per heavy atom.